The Hall–Kier alpha value is -7.50. The summed E-state index contributed by atoms with van der Waals surface area (Å²) in [5, 5.41) is 0. The van der Waals surface area contributed by atoms with Crippen LogP contribution in [0.4, 0.5) is 17.1 Å². The number of hydrogen-bond acceptors (Lipinski definition) is 19. The third-order valence-corrected chi connectivity index (χ3v) is 18.8. The third kappa shape index (κ3) is 22.8. The van der Waals surface area contributed by atoms with Gasteiger partial charge in [0.2, 0.25) is 0 Å². The number of anilines is 3. The summed E-state index contributed by atoms with van der Waals surface area (Å²) in [7, 11) is 0. The normalized spacial score (nSPS) is 25.2. The first kappa shape index (κ1) is 67.3. The molecule has 11 saturated heterocycles. The van der Waals surface area contributed by atoms with Crippen molar-refractivity contribution in [2.24, 2.45) is 0 Å². The molecule has 11 heterocycles. The molecule has 11 unspecified atom stereocenters. The zero-order valence-electron chi connectivity index (χ0n) is 56.9. The minimum absolute atomic E-state index is 0.0870. The molecule has 11 fully saturated rings. The van der Waals surface area contributed by atoms with Crippen LogP contribution in [0.15, 0.2) is 170 Å². The molecule has 0 bridgehead atoms. The highest BCUT2D eigenvalue weighted by atomic mass is 16.6. The Morgan fingerprint density at radius 2 is 0.505 bits per heavy atom. The first-order chi connectivity index (χ1) is 48.6. The van der Waals surface area contributed by atoms with Crippen LogP contribution in [-0.4, -0.2) is 212 Å². The zero-order valence-corrected chi connectivity index (χ0v) is 56.9. The second kappa shape index (κ2) is 32.0. The number of epoxide rings is 11. The fraction of sp³-hybridized carbons (Fsp3) is 0.475. The second-order valence-corrected chi connectivity index (χ2v) is 27.9. The lowest BCUT2D eigenvalue weighted by Crippen LogP contribution is -2.31. The van der Waals surface area contributed by atoms with Crippen LogP contribution in [-0.2, 0) is 70.4 Å². The van der Waals surface area contributed by atoms with Crippen molar-refractivity contribution in [3.63, 3.8) is 0 Å². The van der Waals surface area contributed by atoms with Gasteiger partial charge in [-0.1, -0.05) is 92.7 Å². The van der Waals surface area contributed by atoms with Crippen molar-refractivity contribution < 1.29 is 75.8 Å². The van der Waals surface area contributed by atoms with Crippen LogP contribution >= 0.6 is 0 Å². The lowest BCUT2D eigenvalue weighted by Gasteiger charge is -2.26. The van der Waals surface area contributed by atoms with E-state index in [0.29, 0.717) is 81.9 Å². The summed E-state index contributed by atoms with van der Waals surface area (Å²) in [6.07, 6.45) is 5.56. The van der Waals surface area contributed by atoms with E-state index >= 15 is 0 Å². The second-order valence-electron chi connectivity index (χ2n) is 27.9. The first-order valence-electron chi connectivity index (χ1n) is 35.4. The van der Waals surface area contributed by atoms with Gasteiger partial charge in [0.1, 0.15) is 92.3 Å². The maximum atomic E-state index is 5.75. The van der Waals surface area contributed by atoms with Crippen LogP contribution in [0.2, 0.25) is 0 Å². The minimum atomic E-state index is -0.0870. The van der Waals surface area contributed by atoms with Gasteiger partial charge in [0.05, 0.1) is 109 Å². The topological polar surface area (TPSA) is 194 Å². The Labute approximate surface area is 581 Å². The quantitative estimate of drug-likeness (QED) is 0.0336. The van der Waals surface area contributed by atoms with Gasteiger partial charge in [-0.3, -0.25) is 0 Å². The van der Waals surface area contributed by atoms with E-state index in [0.717, 1.165) is 154 Å². The Morgan fingerprint density at radius 3 is 0.768 bits per heavy atom. The predicted molar refractivity (Wildman–Crippen MR) is 374 cm³/mol. The molecule has 0 saturated carbocycles. The van der Waals surface area contributed by atoms with Crippen LogP contribution < -0.4 is 38.4 Å². The summed E-state index contributed by atoms with van der Waals surface area (Å²) < 4.78 is 86.7. The van der Waals surface area contributed by atoms with Crippen molar-refractivity contribution in [1.82, 2.24) is 0 Å². The van der Waals surface area contributed by atoms with Gasteiger partial charge < -0.3 is 90.5 Å². The number of benzene rings is 7. The molecule has 0 aliphatic carbocycles. The molecule has 0 radical (unpaired) electrons. The van der Waals surface area contributed by atoms with Gasteiger partial charge in [-0.15, -0.1) is 0 Å². The Bertz CT molecular complexity index is 3380. The van der Waals surface area contributed by atoms with E-state index < -0.39 is 0 Å². The fourth-order valence-corrected chi connectivity index (χ4v) is 11.5. The van der Waals surface area contributed by atoms with Crippen molar-refractivity contribution in [2.75, 3.05) is 160 Å². The number of nitrogens with zero attached hydrogens (tertiary/aromatic N) is 3. The van der Waals surface area contributed by atoms with E-state index in [2.05, 4.69) is 138 Å². The third-order valence-electron chi connectivity index (χ3n) is 18.8. The molecular weight excluding hydrogens is 1260 g/mol. The number of rotatable bonds is 36. The van der Waals surface area contributed by atoms with Gasteiger partial charge in [0.25, 0.3) is 0 Å². The van der Waals surface area contributed by atoms with Gasteiger partial charge in [0.15, 0.2) is 0 Å². The molecule has 7 aromatic rings. The van der Waals surface area contributed by atoms with Crippen LogP contribution in [0, 0.1) is 0 Å². The summed E-state index contributed by atoms with van der Waals surface area (Å²) in [6.45, 7) is 22.7. The van der Waals surface area contributed by atoms with E-state index in [1.807, 2.05) is 60.7 Å². The van der Waals surface area contributed by atoms with Crippen LogP contribution in [0.5, 0.6) is 28.7 Å². The molecule has 99 heavy (non-hydrogen) atoms. The summed E-state index contributed by atoms with van der Waals surface area (Å²) >= 11 is 0. The Morgan fingerprint density at radius 1 is 0.273 bits per heavy atom. The smallest absolute Gasteiger partial charge is 0.121 e. The van der Waals surface area contributed by atoms with E-state index in [-0.39, 0.29) is 23.7 Å². The highest BCUT2D eigenvalue weighted by molar-refractivity contribution is 5.53. The molecule has 11 aliphatic heterocycles. The molecule has 11 atom stereocenters. The average molecular weight is 1350 g/mol. The fourth-order valence-electron chi connectivity index (χ4n) is 11.5. The number of ether oxygens (including phenoxy) is 16. The summed E-state index contributed by atoms with van der Waals surface area (Å²) in [5.41, 5.74) is 11.3. The largest absolute Gasteiger partial charge is 0.491 e. The molecule has 18 rings (SSSR count). The van der Waals surface area contributed by atoms with Crippen LogP contribution in [0.1, 0.15) is 47.2 Å². The molecule has 524 valence electrons. The Balaban J connectivity index is 0.000000109. The van der Waals surface area contributed by atoms with E-state index in [1.54, 1.807) is 0 Å². The van der Waals surface area contributed by atoms with E-state index in [9.17, 15) is 0 Å². The van der Waals surface area contributed by atoms with Crippen LogP contribution in [0.3, 0.4) is 0 Å². The minimum Gasteiger partial charge on any atom is -0.491 e. The molecule has 0 spiro atoms. The lowest BCUT2D eigenvalue weighted by atomic mass is 9.78. The van der Waals surface area contributed by atoms with Crippen molar-refractivity contribution in [2.45, 2.75) is 99.2 Å². The molecule has 19 heteroatoms. The monoisotopic (exact) mass is 1350 g/mol. The van der Waals surface area contributed by atoms with Gasteiger partial charge >= 0.3 is 0 Å². The molecule has 0 N–H and O–H groups in total. The summed E-state index contributed by atoms with van der Waals surface area (Å²) in [4.78, 5) is 7.13. The van der Waals surface area contributed by atoms with Gasteiger partial charge in [-0.25, -0.2) is 0 Å². The van der Waals surface area contributed by atoms with Gasteiger partial charge in [-0.05, 0) is 131 Å². The zero-order chi connectivity index (χ0) is 66.7. The average Bonchev–Trinajstić information content (AvgIpc) is 1.66. The maximum Gasteiger partial charge on any atom is 0.121 e. The molecule has 19 nitrogen and oxygen atoms in total. The van der Waals surface area contributed by atoms with Crippen molar-refractivity contribution in [1.29, 1.82) is 0 Å². The molecule has 11 aliphatic rings. The van der Waals surface area contributed by atoms with Gasteiger partial charge in [-0.2, -0.15) is 0 Å². The highest BCUT2D eigenvalue weighted by Crippen LogP contribution is 2.35. The summed E-state index contributed by atoms with van der Waals surface area (Å²) in [6, 6.07) is 59.4. The first-order valence-corrected chi connectivity index (χ1v) is 35.4. The van der Waals surface area contributed by atoms with Gasteiger partial charge in [0, 0.05) is 67.8 Å². The van der Waals surface area contributed by atoms with Crippen molar-refractivity contribution >= 4 is 17.1 Å². The molecule has 7 aromatic carbocycles. The highest BCUT2D eigenvalue weighted by Gasteiger charge is 2.35. The SMILES string of the molecule is CC(C)(c1ccc(OCC2CO2)cc1)c1ccc(OCC2CO2)cc1.c1cc(N(CC2CO2)CC2CO2)ccc1Cc1ccc(N(CC2CO2)CC2CO2)cc1.c1cc(OCC2CO2)cc(N(CC2CO2)CC2CO2)c1.c1cc(OCC2CO2)ccc1Cc1ccc(OCC2CO2)cc1. The van der Waals surface area contributed by atoms with E-state index in [4.69, 9.17) is 75.8 Å². The molecule has 0 amide bonds. The Kier molecular flexibility index (Phi) is 21.8. The van der Waals surface area contributed by atoms with E-state index in [1.165, 1.54) is 50.4 Å². The predicted octanol–water partition coefficient (Wildman–Crippen LogP) is 9.95. The maximum absolute atomic E-state index is 5.75. The van der Waals surface area contributed by atoms with Crippen molar-refractivity contribution in [3.05, 3.63) is 203 Å². The molecule has 0 aromatic heterocycles. The van der Waals surface area contributed by atoms with Crippen LogP contribution in [0.25, 0.3) is 0 Å². The number of hydrogen-bond donors (Lipinski definition) is 0. The lowest BCUT2D eigenvalue weighted by molar-refractivity contribution is 0.263. The summed E-state index contributed by atoms with van der Waals surface area (Å²) in [5.74, 6) is 4.48. The van der Waals surface area contributed by atoms with Crippen molar-refractivity contribution in [3.8, 4) is 28.7 Å². The molecular formula is C80H93N3O16. The standard InChI is InChI=1S/C25H30N2O4.C21H24O4.C19H20O4.C15H19NO4/c1-5-20(26(10-22-14-28-22)11-23-15-29-23)6-2-18(1)9-19-3-7-21(8-4-19)27(12-24-16-30-24)13-25-17-31-25;1-21(2,15-3-7-17(8-4-15)22-11-19-13-24-19)16-5-9-18(10-6-16)23-12-20-14-25-20;1-5-16(20-10-18-12-22-18)6-2-14(1)9-15-3-7-17(8-4-15)21-11-19-13-23-19;1-2-11(4-12(3-1)17-9-15-10-20-15)16(5-13-7-18-13)6-14-8-19-14/h1-8,22-25H,9-17H2;3-10,19-20H,11-14H2,1-2H3;1-8,18-19H,9-13H2;1-4,13-15H,5-10H2.